The zero-order valence-electron chi connectivity index (χ0n) is 19.4. The van der Waals surface area contributed by atoms with Crippen LogP contribution in [0.2, 0.25) is 18.1 Å². The molecule has 1 N–H and O–H groups in total. The Hall–Kier alpha value is -2.52. The molecule has 0 radical (unpaired) electrons. The number of phenols is 1. The molecule has 162 valence electrons. The lowest BCUT2D eigenvalue weighted by molar-refractivity contribution is 0.447. The minimum absolute atomic E-state index is 0.134. The van der Waals surface area contributed by atoms with Crippen molar-refractivity contribution < 1.29 is 9.53 Å². The lowest BCUT2D eigenvalue weighted by Gasteiger charge is -2.38. The van der Waals surface area contributed by atoms with Gasteiger partial charge in [-0.15, -0.1) is 0 Å². The molecule has 0 aromatic heterocycles. The average Bonchev–Trinajstić information content (AvgIpc) is 2.73. The minimum Gasteiger partial charge on any atom is -0.543 e. The van der Waals surface area contributed by atoms with E-state index in [0.717, 1.165) is 24.2 Å². The highest BCUT2D eigenvalue weighted by molar-refractivity contribution is 6.74. The maximum atomic E-state index is 10.7. The Balaban J connectivity index is 1.77. The Kier molecular flexibility index (Phi) is 5.74. The Labute approximate surface area is 188 Å². The smallest absolute Gasteiger partial charge is 0.250 e. The van der Waals surface area contributed by atoms with E-state index < -0.39 is 8.32 Å². The van der Waals surface area contributed by atoms with Gasteiger partial charge >= 0.3 is 0 Å². The molecule has 1 aliphatic carbocycles. The quantitative estimate of drug-likeness (QED) is 0.431. The van der Waals surface area contributed by atoms with E-state index in [0.29, 0.717) is 11.7 Å². The summed E-state index contributed by atoms with van der Waals surface area (Å²) >= 11 is 0. The van der Waals surface area contributed by atoms with E-state index in [1.165, 1.54) is 16.7 Å². The van der Waals surface area contributed by atoms with E-state index in [4.69, 9.17) is 4.43 Å². The summed E-state index contributed by atoms with van der Waals surface area (Å²) in [6, 6.07) is 25.2. The van der Waals surface area contributed by atoms with Crippen LogP contribution in [0.3, 0.4) is 0 Å². The number of fused-ring (bicyclic) bond motifs is 1. The van der Waals surface area contributed by atoms with Crippen LogP contribution in [0.1, 0.15) is 61.3 Å². The van der Waals surface area contributed by atoms with E-state index in [9.17, 15) is 5.11 Å². The fourth-order valence-corrected chi connectivity index (χ4v) is 5.52. The lowest BCUT2D eigenvalue weighted by atomic mass is 9.69. The molecule has 0 saturated heterocycles. The summed E-state index contributed by atoms with van der Waals surface area (Å²) in [4.78, 5) is 0. The standard InChI is InChI=1S/C28H34O2Si/c1-28(2,3)31(4,5)30-22-16-18-24-21(19-22)15-17-23(20-11-7-6-8-12-20)27(24)25-13-9-10-14-26(25)29/h6-14,16,18-19,23,27,29H,15,17H2,1-5H3/t23-,27-/m1/s1. The largest absolute Gasteiger partial charge is 0.543 e. The van der Waals surface area contributed by atoms with E-state index in [2.05, 4.69) is 88.5 Å². The van der Waals surface area contributed by atoms with Gasteiger partial charge in [0.2, 0.25) is 8.32 Å². The van der Waals surface area contributed by atoms with Crippen LogP contribution >= 0.6 is 0 Å². The van der Waals surface area contributed by atoms with E-state index in [1.807, 2.05) is 12.1 Å². The van der Waals surface area contributed by atoms with Crippen LogP contribution in [0.25, 0.3) is 0 Å². The molecule has 0 aliphatic heterocycles. The molecule has 2 atom stereocenters. The Morgan fingerprint density at radius 3 is 2.23 bits per heavy atom. The fourth-order valence-electron chi connectivity index (χ4n) is 4.50. The topological polar surface area (TPSA) is 29.5 Å². The molecule has 0 unspecified atom stereocenters. The van der Waals surface area contributed by atoms with Crippen molar-refractivity contribution >= 4 is 8.32 Å². The van der Waals surface area contributed by atoms with Crippen molar-refractivity contribution in [1.82, 2.24) is 0 Å². The first-order valence-corrected chi connectivity index (χ1v) is 14.2. The van der Waals surface area contributed by atoms with Crippen molar-refractivity contribution in [2.24, 2.45) is 0 Å². The zero-order valence-corrected chi connectivity index (χ0v) is 20.4. The van der Waals surface area contributed by atoms with Crippen molar-refractivity contribution in [2.45, 2.75) is 63.6 Å². The molecule has 3 heteroatoms. The van der Waals surface area contributed by atoms with Crippen LogP contribution in [0, 0.1) is 0 Å². The van der Waals surface area contributed by atoms with E-state index in [1.54, 1.807) is 6.07 Å². The summed E-state index contributed by atoms with van der Waals surface area (Å²) in [5.41, 5.74) is 5.00. The maximum Gasteiger partial charge on any atom is 0.250 e. The van der Waals surface area contributed by atoms with Crippen LogP contribution < -0.4 is 4.43 Å². The summed E-state index contributed by atoms with van der Waals surface area (Å²) in [7, 11) is -1.89. The maximum absolute atomic E-state index is 10.7. The Morgan fingerprint density at radius 1 is 0.871 bits per heavy atom. The molecule has 2 nitrogen and oxygen atoms in total. The molecule has 0 saturated carbocycles. The zero-order chi connectivity index (χ0) is 22.2. The number of aromatic hydroxyl groups is 1. The summed E-state index contributed by atoms with van der Waals surface area (Å²) < 4.78 is 6.60. The van der Waals surface area contributed by atoms with Crippen LogP contribution in [-0.2, 0) is 6.42 Å². The van der Waals surface area contributed by atoms with Gasteiger partial charge in [0.25, 0.3) is 0 Å². The average molecular weight is 431 g/mol. The summed E-state index contributed by atoms with van der Waals surface area (Å²) in [6.07, 6.45) is 2.08. The molecule has 0 fully saturated rings. The normalized spacial score (nSPS) is 19.0. The van der Waals surface area contributed by atoms with Crippen LogP contribution in [0.15, 0.2) is 72.8 Å². The van der Waals surface area contributed by atoms with Gasteiger partial charge in [-0.2, -0.15) is 0 Å². The SMILES string of the molecule is CC(C)(C)[Si](C)(C)Oc1ccc2c(c1)CC[C@H](c1ccccc1)[C@H]2c1ccccc1O. The highest BCUT2D eigenvalue weighted by Crippen LogP contribution is 2.49. The van der Waals surface area contributed by atoms with Gasteiger partial charge in [-0.3, -0.25) is 0 Å². The molecular formula is C28H34O2Si. The van der Waals surface area contributed by atoms with E-state index in [-0.39, 0.29) is 11.0 Å². The number of para-hydroxylation sites is 1. The fraction of sp³-hybridized carbons (Fsp3) is 0.357. The van der Waals surface area contributed by atoms with Gasteiger partial charge < -0.3 is 9.53 Å². The van der Waals surface area contributed by atoms with Gasteiger partial charge in [-0.05, 0) is 71.8 Å². The number of benzene rings is 3. The first-order valence-electron chi connectivity index (χ1n) is 11.3. The second-order valence-electron chi connectivity index (χ2n) is 10.3. The second-order valence-corrected chi connectivity index (χ2v) is 15.0. The Morgan fingerprint density at radius 2 is 1.55 bits per heavy atom. The molecule has 0 bridgehead atoms. The van der Waals surface area contributed by atoms with E-state index >= 15 is 0 Å². The highest BCUT2D eigenvalue weighted by atomic mass is 28.4. The third kappa shape index (κ3) is 4.29. The molecule has 0 amide bonds. The van der Waals surface area contributed by atoms with Crippen LogP contribution in [0.5, 0.6) is 11.5 Å². The highest BCUT2D eigenvalue weighted by Gasteiger charge is 2.39. The third-order valence-corrected chi connectivity index (χ3v) is 11.6. The van der Waals surface area contributed by atoms with Crippen molar-refractivity contribution in [3.63, 3.8) is 0 Å². The molecule has 0 spiro atoms. The van der Waals surface area contributed by atoms with Crippen molar-refractivity contribution in [2.75, 3.05) is 0 Å². The molecular weight excluding hydrogens is 396 g/mol. The number of aryl methyl sites for hydroxylation is 1. The number of rotatable bonds is 4. The van der Waals surface area contributed by atoms with Gasteiger partial charge in [-0.25, -0.2) is 0 Å². The van der Waals surface area contributed by atoms with Crippen LogP contribution in [0.4, 0.5) is 0 Å². The minimum atomic E-state index is -1.89. The second kappa shape index (κ2) is 8.20. The number of hydrogen-bond donors (Lipinski definition) is 1. The first kappa shape index (κ1) is 21.7. The predicted octanol–water partition coefficient (Wildman–Crippen LogP) is 7.64. The first-order chi connectivity index (χ1) is 14.7. The van der Waals surface area contributed by atoms with Gasteiger partial charge in [0.15, 0.2) is 0 Å². The van der Waals surface area contributed by atoms with Gasteiger partial charge in [0.05, 0.1) is 0 Å². The molecule has 31 heavy (non-hydrogen) atoms. The predicted molar refractivity (Wildman–Crippen MR) is 132 cm³/mol. The van der Waals surface area contributed by atoms with Gasteiger partial charge in [0.1, 0.15) is 11.5 Å². The van der Waals surface area contributed by atoms with Crippen molar-refractivity contribution in [1.29, 1.82) is 0 Å². The summed E-state index contributed by atoms with van der Waals surface area (Å²) in [5.74, 6) is 1.84. The Bertz CT molecular complexity index is 1050. The van der Waals surface area contributed by atoms with Crippen molar-refractivity contribution in [3.8, 4) is 11.5 Å². The summed E-state index contributed by atoms with van der Waals surface area (Å²) in [6.45, 7) is 11.4. The monoisotopic (exact) mass is 430 g/mol. The molecule has 1 aliphatic rings. The van der Waals surface area contributed by atoms with Gasteiger partial charge in [0, 0.05) is 11.5 Å². The van der Waals surface area contributed by atoms with Crippen molar-refractivity contribution in [3.05, 3.63) is 95.1 Å². The number of hydrogen-bond acceptors (Lipinski definition) is 2. The number of phenolic OH excluding ortho intramolecular Hbond substituents is 1. The van der Waals surface area contributed by atoms with Gasteiger partial charge in [-0.1, -0.05) is 75.4 Å². The summed E-state index contributed by atoms with van der Waals surface area (Å²) in [5, 5.41) is 10.9. The third-order valence-electron chi connectivity index (χ3n) is 7.26. The molecule has 3 aromatic carbocycles. The lowest BCUT2D eigenvalue weighted by Crippen LogP contribution is -2.43. The molecule has 4 rings (SSSR count). The molecule has 3 aromatic rings. The molecule has 0 heterocycles. The van der Waals surface area contributed by atoms with Crippen LogP contribution in [-0.4, -0.2) is 13.4 Å².